The summed E-state index contributed by atoms with van der Waals surface area (Å²) >= 11 is 0. The first-order chi connectivity index (χ1) is 6.77. The van der Waals surface area contributed by atoms with Crippen molar-refractivity contribution >= 4 is 0 Å². The van der Waals surface area contributed by atoms with E-state index in [-0.39, 0.29) is 0 Å². The molecular formula is C11H9N3. The van der Waals surface area contributed by atoms with Crippen molar-refractivity contribution in [3.63, 3.8) is 0 Å². The van der Waals surface area contributed by atoms with Crippen molar-refractivity contribution in [3.05, 3.63) is 60.1 Å². The molecule has 2 rings (SSSR count). The van der Waals surface area contributed by atoms with Crippen LogP contribution < -0.4 is 5.43 Å². The molecule has 1 N–H and O–H groups in total. The van der Waals surface area contributed by atoms with Gasteiger partial charge in [0.2, 0.25) is 0 Å². The van der Waals surface area contributed by atoms with Crippen LogP contribution in [0.1, 0.15) is 0 Å². The minimum Gasteiger partial charge on any atom is -0.301 e. The minimum atomic E-state index is 0.556. The van der Waals surface area contributed by atoms with E-state index >= 15 is 0 Å². The van der Waals surface area contributed by atoms with Gasteiger partial charge in [-0.2, -0.15) is 5.26 Å². The van der Waals surface area contributed by atoms with Crippen LogP contribution in [0.3, 0.4) is 0 Å². The van der Waals surface area contributed by atoms with Crippen molar-refractivity contribution in [2.45, 2.75) is 0 Å². The van der Waals surface area contributed by atoms with Crippen molar-refractivity contribution in [2.24, 2.45) is 0 Å². The number of nitriles is 1. The highest BCUT2D eigenvalue weighted by Gasteiger charge is 2.23. The van der Waals surface area contributed by atoms with Crippen LogP contribution in [-0.4, -0.2) is 5.01 Å². The lowest BCUT2D eigenvalue weighted by Crippen LogP contribution is -2.30. The summed E-state index contributed by atoms with van der Waals surface area (Å²) in [7, 11) is 0. The molecule has 0 aromatic carbocycles. The second-order valence-electron chi connectivity index (χ2n) is 2.96. The van der Waals surface area contributed by atoms with Gasteiger partial charge in [0, 0.05) is 6.20 Å². The molecule has 0 aromatic heterocycles. The van der Waals surface area contributed by atoms with Crippen molar-refractivity contribution in [2.75, 3.05) is 0 Å². The fourth-order valence-electron chi connectivity index (χ4n) is 1.49. The van der Waals surface area contributed by atoms with Crippen LogP contribution in [0.2, 0.25) is 0 Å². The number of hydrazine groups is 1. The van der Waals surface area contributed by atoms with E-state index in [1.165, 1.54) is 0 Å². The first kappa shape index (κ1) is 8.39. The molecule has 0 bridgehead atoms. The lowest BCUT2D eigenvalue weighted by Gasteiger charge is -2.26. The fraction of sp³-hybridized carbons (Fsp3) is 0. The highest BCUT2D eigenvalue weighted by atomic mass is 15.5. The second-order valence-corrected chi connectivity index (χ2v) is 2.96. The molecule has 0 radical (unpaired) electrons. The molecule has 3 nitrogen and oxygen atoms in total. The third-order valence-corrected chi connectivity index (χ3v) is 2.20. The molecule has 2 heterocycles. The molecule has 2 aliphatic heterocycles. The minimum absolute atomic E-state index is 0.556. The van der Waals surface area contributed by atoms with Gasteiger partial charge < -0.3 is 5.43 Å². The molecular weight excluding hydrogens is 174 g/mol. The number of fused-ring (bicyclic) bond motifs is 1. The number of hydrogen-bond donors (Lipinski definition) is 1. The molecule has 0 unspecified atom stereocenters. The molecule has 14 heavy (non-hydrogen) atoms. The molecule has 0 saturated heterocycles. The summed E-state index contributed by atoms with van der Waals surface area (Å²) < 4.78 is 0. The third kappa shape index (κ3) is 0.979. The Morgan fingerprint density at radius 2 is 2.36 bits per heavy atom. The predicted octanol–water partition coefficient (Wildman–Crippen LogP) is 1.74. The van der Waals surface area contributed by atoms with Gasteiger partial charge in [0.25, 0.3) is 0 Å². The number of rotatable bonds is 1. The van der Waals surface area contributed by atoms with Gasteiger partial charge in [0.1, 0.15) is 6.07 Å². The lowest BCUT2D eigenvalue weighted by molar-refractivity contribution is 0.400. The maximum absolute atomic E-state index is 8.96. The summed E-state index contributed by atoms with van der Waals surface area (Å²) in [5, 5.41) is 10.7. The van der Waals surface area contributed by atoms with E-state index in [1.54, 1.807) is 17.3 Å². The fourth-order valence-corrected chi connectivity index (χ4v) is 1.49. The van der Waals surface area contributed by atoms with E-state index in [0.29, 0.717) is 11.3 Å². The van der Waals surface area contributed by atoms with Gasteiger partial charge in [0.15, 0.2) is 0 Å². The van der Waals surface area contributed by atoms with Gasteiger partial charge in [-0.15, -0.1) is 0 Å². The van der Waals surface area contributed by atoms with Crippen molar-refractivity contribution in [3.8, 4) is 6.07 Å². The number of nitrogens with zero attached hydrogens (tertiary/aromatic N) is 2. The molecule has 2 aliphatic rings. The average Bonchev–Trinajstić information content (AvgIpc) is 2.65. The predicted molar refractivity (Wildman–Crippen MR) is 54.2 cm³/mol. The Morgan fingerprint density at radius 1 is 1.57 bits per heavy atom. The van der Waals surface area contributed by atoms with Crippen LogP contribution in [0.15, 0.2) is 60.1 Å². The van der Waals surface area contributed by atoms with E-state index in [9.17, 15) is 0 Å². The molecule has 0 atom stereocenters. The van der Waals surface area contributed by atoms with E-state index in [2.05, 4.69) is 24.7 Å². The van der Waals surface area contributed by atoms with E-state index in [0.717, 1.165) is 11.3 Å². The molecule has 0 spiro atoms. The Morgan fingerprint density at radius 3 is 3.00 bits per heavy atom. The topological polar surface area (TPSA) is 39.1 Å². The van der Waals surface area contributed by atoms with Gasteiger partial charge in [0.05, 0.1) is 17.0 Å². The first-order valence-electron chi connectivity index (χ1n) is 4.18. The molecule has 0 saturated carbocycles. The van der Waals surface area contributed by atoms with Gasteiger partial charge in [-0.1, -0.05) is 19.2 Å². The Bertz CT molecular complexity index is 444. The summed E-state index contributed by atoms with van der Waals surface area (Å²) in [6.45, 7) is 7.54. The quantitative estimate of drug-likeness (QED) is 0.673. The van der Waals surface area contributed by atoms with Crippen LogP contribution >= 0.6 is 0 Å². The standard InChI is InChI=1S/C11H9N3/c1-3-9-6-10-4-5-13-14(10)8(2)11(9)7-12/h3-6,13H,1-2H2. The van der Waals surface area contributed by atoms with Crippen LogP contribution in [0.4, 0.5) is 0 Å². The zero-order chi connectivity index (χ0) is 10.1. The highest BCUT2D eigenvalue weighted by Crippen LogP contribution is 2.29. The Kier molecular flexibility index (Phi) is 1.76. The summed E-state index contributed by atoms with van der Waals surface area (Å²) in [6.07, 6.45) is 7.29. The molecule has 68 valence electrons. The zero-order valence-electron chi connectivity index (χ0n) is 7.62. The number of nitrogens with one attached hydrogen (secondary N) is 1. The van der Waals surface area contributed by atoms with Gasteiger partial charge in [-0.3, -0.25) is 5.01 Å². The maximum Gasteiger partial charge on any atom is 0.102 e. The number of allylic oxidation sites excluding steroid dienone is 5. The van der Waals surface area contributed by atoms with Crippen molar-refractivity contribution < 1.29 is 0 Å². The van der Waals surface area contributed by atoms with Crippen molar-refractivity contribution in [1.29, 1.82) is 5.26 Å². The molecule has 0 aliphatic carbocycles. The number of hydrogen-bond acceptors (Lipinski definition) is 3. The monoisotopic (exact) mass is 183 g/mol. The molecule has 0 amide bonds. The lowest BCUT2D eigenvalue weighted by atomic mass is 10.0. The van der Waals surface area contributed by atoms with Gasteiger partial charge in [-0.25, -0.2) is 0 Å². The summed E-state index contributed by atoms with van der Waals surface area (Å²) in [5.74, 6) is 0. The Balaban J connectivity index is 2.57. The van der Waals surface area contributed by atoms with Crippen molar-refractivity contribution in [1.82, 2.24) is 10.4 Å². The maximum atomic E-state index is 8.96. The Hall–Kier alpha value is -2.21. The van der Waals surface area contributed by atoms with E-state index in [1.807, 2.05) is 12.2 Å². The first-order valence-corrected chi connectivity index (χ1v) is 4.18. The van der Waals surface area contributed by atoms with Gasteiger partial charge in [-0.05, 0) is 17.7 Å². The largest absolute Gasteiger partial charge is 0.301 e. The molecule has 3 heteroatoms. The Labute approximate surface area is 82.6 Å². The second kappa shape index (κ2) is 2.93. The summed E-state index contributed by atoms with van der Waals surface area (Å²) in [6, 6.07) is 2.12. The zero-order valence-corrected chi connectivity index (χ0v) is 7.62. The van der Waals surface area contributed by atoms with Crippen LogP contribution in [-0.2, 0) is 0 Å². The van der Waals surface area contributed by atoms with E-state index < -0.39 is 0 Å². The SMILES string of the molecule is C=CC1=C(C#N)C(=C)N2NC=CC2=C1. The van der Waals surface area contributed by atoms with Gasteiger partial charge >= 0.3 is 0 Å². The average molecular weight is 183 g/mol. The molecule has 0 aromatic rings. The smallest absolute Gasteiger partial charge is 0.102 e. The van der Waals surface area contributed by atoms with Crippen LogP contribution in [0.25, 0.3) is 0 Å². The summed E-state index contributed by atoms with van der Waals surface area (Å²) in [4.78, 5) is 0. The van der Waals surface area contributed by atoms with Crippen LogP contribution in [0.5, 0.6) is 0 Å². The third-order valence-electron chi connectivity index (χ3n) is 2.20. The summed E-state index contributed by atoms with van der Waals surface area (Å²) in [5.41, 5.74) is 5.99. The van der Waals surface area contributed by atoms with Crippen LogP contribution in [0, 0.1) is 11.3 Å². The molecule has 0 fully saturated rings. The van der Waals surface area contributed by atoms with E-state index in [4.69, 9.17) is 5.26 Å². The highest BCUT2D eigenvalue weighted by molar-refractivity contribution is 5.58. The normalized spacial score (nSPS) is 18.6.